The molecule has 204 valence electrons. The van der Waals surface area contributed by atoms with Crippen LogP contribution in [0.2, 0.25) is 0 Å². The lowest BCUT2D eigenvalue weighted by atomic mass is 10.1. The van der Waals surface area contributed by atoms with E-state index >= 15 is 0 Å². The van der Waals surface area contributed by atoms with Crippen molar-refractivity contribution in [2.45, 2.75) is 45.8 Å². The molecule has 0 fully saturated rings. The summed E-state index contributed by atoms with van der Waals surface area (Å²) in [4.78, 5) is 28.1. The van der Waals surface area contributed by atoms with Crippen LogP contribution in [-0.2, 0) is 26.2 Å². The number of hydrogen-bond acceptors (Lipinski definition) is 7. The summed E-state index contributed by atoms with van der Waals surface area (Å²) in [5, 5.41) is 2.89. The van der Waals surface area contributed by atoms with Crippen LogP contribution in [0.25, 0.3) is 0 Å². The van der Waals surface area contributed by atoms with Crippen molar-refractivity contribution in [3.63, 3.8) is 0 Å². The summed E-state index contributed by atoms with van der Waals surface area (Å²) in [6.07, 6.45) is 1.01. The lowest BCUT2D eigenvalue weighted by Gasteiger charge is -2.33. The van der Waals surface area contributed by atoms with Gasteiger partial charge >= 0.3 is 0 Å². The molecule has 0 radical (unpaired) electrons. The van der Waals surface area contributed by atoms with Gasteiger partial charge in [0.05, 0.1) is 33.3 Å². The quantitative estimate of drug-likeness (QED) is 0.471. The van der Waals surface area contributed by atoms with Gasteiger partial charge in [0, 0.05) is 18.2 Å². The normalized spacial score (nSPS) is 12.3. The number of benzene rings is 2. The minimum atomic E-state index is -3.88. The van der Waals surface area contributed by atoms with Gasteiger partial charge in [0.2, 0.25) is 21.8 Å². The van der Waals surface area contributed by atoms with Gasteiger partial charge in [-0.15, -0.1) is 0 Å². The molecule has 1 unspecified atom stereocenters. The van der Waals surface area contributed by atoms with Crippen LogP contribution in [0.4, 0.5) is 5.69 Å². The Hall–Kier alpha value is -3.47. The Bertz CT molecular complexity index is 1210. The molecule has 0 bridgehead atoms. The molecule has 0 aliphatic rings. The van der Waals surface area contributed by atoms with E-state index in [4.69, 9.17) is 14.2 Å². The number of carbonyl (C=O) groups is 2. The van der Waals surface area contributed by atoms with Crippen LogP contribution in [0.3, 0.4) is 0 Å². The maximum atomic E-state index is 13.7. The molecule has 0 saturated heterocycles. The van der Waals surface area contributed by atoms with Crippen molar-refractivity contribution in [3.05, 3.63) is 48.0 Å². The molecule has 10 nitrogen and oxygen atoms in total. The van der Waals surface area contributed by atoms with Crippen LogP contribution in [0.15, 0.2) is 42.5 Å². The van der Waals surface area contributed by atoms with E-state index in [0.29, 0.717) is 17.2 Å². The summed E-state index contributed by atoms with van der Waals surface area (Å²) in [6.45, 7) is 6.68. The van der Waals surface area contributed by atoms with E-state index in [1.807, 2.05) is 20.8 Å². The lowest BCUT2D eigenvalue weighted by Crippen LogP contribution is -2.54. The van der Waals surface area contributed by atoms with Crippen LogP contribution < -0.4 is 23.8 Å². The van der Waals surface area contributed by atoms with E-state index in [1.165, 1.54) is 38.4 Å². The highest BCUT2D eigenvalue weighted by Crippen LogP contribution is 2.32. The van der Waals surface area contributed by atoms with Crippen molar-refractivity contribution in [2.75, 3.05) is 38.4 Å². The first-order chi connectivity index (χ1) is 17.2. The third-order valence-electron chi connectivity index (χ3n) is 5.49. The van der Waals surface area contributed by atoms with Crippen molar-refractivity contribution in [2.24, 2.45) is 0 Å². The van der Waals surface area contributed by atoms with Gasteiger partial charge in [0.25, 0.3) is 0 Å². The highest BCUT2D eigenvalue weighted by Gasteiger charge is 2.31. The number of sulfonamides is 1. The highest BCUT2D eigenvalue weighted by atomic mass is 32.2. The number of amides is 2. The Morgan fingerprint density at radius 1 is 0.973 bits per heavy atom. The first-order valence-corrected chi connectivity index (χ1v) is 13.5. The second-order valence-corrected chi connectivity index (χ2v) is 11.5. The molecule has 0 heterocycles. The second kappa shape index (κ2) is 12.2. The smallest absolute Gasteiger partial charge is 0.244 e. The maximum Gasteiger partial charge on any atom is 0.244 e. The fraction of sp³-hybridized carbons (Fsp3) is 0.462. The maximum absolute atomic E-state index is 13.7. The fourth-order valence-electron chi connectivity index (χ4n) is 3.62. The third-order valence-corrected chi connectivity index (χ3v) is 6.63. The van der Waals surface area contributed by atoms with Gasteiger partial charge in [0.15, 0.2) is 11.5 Å². The number of rotatable bonds is 11. The third kappa shape index (κ3) is 8.28. The van der Waals surface area contributed by atoms with Gasteiger partial charge in [-0.25, -0.2) is 8.42 Å². The zero-order valence-electron chi connectivity index (χ0n) is 22.7. The van der Waals surface area contributed by atoms with Crippen molar-refractivity contribution < 1.29 is 32.2 Å². The van der Waals surface area contributed by atoms with Crippen LogP contribution in [-0.4, -0.2) is 70.8 Å². The first-order valence-electron chi connectivity index (χ1n) is 11.6. The van der Waals surface area contributed by atoms with E-state index in [9.17, 15) is 18.0 Å². The molecule has 1 N–H and O–H groups in total. The van der Waals surface area contributed by atoms with Gasteiger partial charge in [0.1, 0.15) is 18.3 Å². The summed E-state index contributed by atoms with van der Waals surface area (Å²) in [5.41, 5.74) is 0.427. The zero-order chi connectivity index (χ0) is 28.0. The number of hydrogen-bond donors (Lipinski definition) is 1. The molecule has 0 saturated carbocycles. The highest BCUT2D eigenvalue weighted by molar-refractivity contribution is 7.92. The van der Waals surface area contributed by atoms with Crippen LogP contribution in [0.5, 0.6) is 17.2 Å². The first kappa shape index (κ1) is 29.8. The topological polar surface area (TPSA) is 114 Å². The Balaban J connectivity index is 2.47. The number of ether oxygens (including phenoxy) is 3. The van der Waals surface area contributed by atoms with E-state index in [0.717, 1.165) is 16.1 Å². The standard InChI is InChI=1S/C26H37N3O7S/c1-18(25(31)27-26(2,3)4)28(16-19-10-9-11-21(14-19)34-5)24(30)17-29(37(8,32)33)20-12-13-22(35-6)23(15-20)36-7/h9-15,18H,16-17H2,1-8H3,(H,27,31). The van der Waals surface area contributed by atoms with E-state index in [2.05, 4.69) is 5.32 Å². The summed E-state index contributed by atoms with van der Waals surface area (Å²) >= 11 is 0. The predicted molar refractivity (Wildman–Crippen MR) is 143 cm³/mol. The monoisotopic (exact) mass is 535 g/mol. The summed E-state index contributed by atoms with van der Waals surface area (Å²) < 4.78 is 42.3. The van der Waals surface area contributed by atoms with Gasteiger partial charge < -0.3 is 24.4 Å². The van der Waals surface area contributed by atoms with E-state index < -0.39 is 34.1 Å². The number of nitrogens with zero attached hydrogens (tertiary/aromatic N) is 2. The molecule has 2 amide bonds. The number of methoxy groups -OCH3 is 3. The Kier molecular flexibility index (Phi) is 9.80. The average molecular weight is 536 g/mol. The molecule has 37 heavy (non-hydrogen) atoms. The Morgan fingerprint density at radius 3 is 2.16 bits per heavy atom. The molecule has 2 aromatic rings. The molecular formula is C26H37N3O7S. The van der Waals surface area contributed by atoms with Crippen molar-refractivity contribution in [3.8, 4) is 17.2 Å². The Morgan fingerprint density at radius 2 is 1.62 bits per heavy atom. The van der Waals surface area contributed by atoms with Gasteiger partial charge in [-0.2, -0.15) is 0 Å². The van der Waals surface area contributed by atoms with Crippen LogP contribution >= 0.6 is 0 Å². The van der Waals surface area contributed by atoms with E-state index in [-0.39, 0.29) is 18.1 Å². The molecular weight excluding hydrogens is 498 g/mol. The molecule has 11 heteroatoms. The average Bonchev–Trinajstić information content (AvgIpc) is 2.83. The second-order valence-electron chi connectivity index (χ2n) is 9.60. The zero-order valence-corrected chi connectivity index (χ0v) is 23.5. The number of carbonyl (C=O) groups excluding carboxylic acids is 2. The summed E-state index contributed by atoms with van der Waals surface area (Å²) in [7, 11) is 0.557. The molecule has 0 spiro atoms. The SMILES string of the molecule is COc1cccc(CN(C(=O)CN(c2ccc(OC)c(OC)c2)S(C)(=O)=O)C(C)C(=O)NC(C)(C)C)c1. The minimum absolute atomic E-state index is 0.0678. The van der Waals surface area contributed by atoms with Gasteiger partial charge in [-0.05, 0) is 57.5 Å². The van der Waals surface area contributed by atoms with Crippen molar-refractivity contribution in [1.82, 2.24) is 10.2 Å². The van der Waals surface area contributed by atoms with E-state index in [1.54, 1.807) is 37.3 Å². The number of nitrogens with one attached hydrogen (secondary N) is 1. The van der Waals surface area contributed by atoms with Gasteiger partial charge in [-0.1, -0.05) is 12.1 Å². The van der Waals surface area contributed by atoms with Crippen molar-refractivity contribution in [1.29, 1.82) is 0 Å². The Labute approximate surface area is 219 Å². The summed E-state index contributed by atoms with van der Waals surface area (Å²) in [5.74, 6) is 0.408. The number of anilines is 1. The largest absolute Gasteiger partial charge is 0.497 e. The molecule has 0 aliphatic carbocycles. The lowest BCUT2D eigenvalue weighted by molar-refractivity contribution is -0.140. The molecule has 2 rings (SSSR count). The van der Waals surface area contributed by atoms with Crippen LogP contribution in [0.1, 0.15) is 33.3 Å². The molecule has 0 aliphatic heterocycles. The molecule has 2 aromatic carbocycles. The van der Waals surface area contributed by atoms with Crippen molar-refractivity contribution >= 4 is 27.5 Å². The van der Waals surface area contributed by atoms with Gasteiger partial charge in [-0.3, -0.25) is 13.9 Å². The molecule has 1 atom stereocenters. The molecule has 0 aromatic heterocycles. The summed E-state index contributed by atoms with van der Waals surface area (Å²) in [6, 6.07) is 10.8. The fourth-order valence-corrected chi connectivity index (χ4v) is 4.46. The van der Waals surface area contributed by atoms with Crippen LogP contribution in [0, 0.1) is 0 Å². The minimum Gasteiger partial charge on any atom is -0.497 e. The predicted octanol–water partition coefficient (Wildman–Crippen LogP) is 2.81.